The fraction of sp³-hybridized carbons (Fsp3) is 0.368. The third-order valence-corrected chi connectivity index (χ3v) is 5.78. The van der Waals surface area contributed by atoms with E-state index in [1.165, 1.54) is 11.3 Å². The van der Waals surface area contributed by atoms with Gasteiger partial charge in [-0.1, -0.05) is 6.92 Å². The lowest BCUT2D eigenvalue weighted by Gasteiger charge is -2.24. The zero-order valence-electron chi connectivity index (χ0n) is 15.1. The predicted molar refractivity (Wildman–Crippen MR) is 102 cm³/mol. The van der Waals surface area contributed by atoms with Crippen molar-refractivity contribution in [3.8, 4) is 10.6 Å². The first-order valence-electron chi connectivity index (χ1n) is 8.95. The number of rotatable bonds is 4. The lowest BCUT2D eigenvalue weighted by Crippen LogP contribution is -2.43. The van der Waals surface area contributed by atoms with Crippen molar-refractivity contribution in [3.05, 3.63) is 35.6 Å². The molecule has 3 aromatic rings. The molecule has 1 N–H and O–H groups in total. The number of carbonyl (C=O) groups excluding carboxylic acids is 2. The molecule has 4 heterocycles. The molecule has 0 spiro atoms. The molecule has 140 valence electrons. The van der Waals surface area contributed by atoms with E-state index in [0.29, 0.717) is 18.8 Å². The van der Waals surface area contributed by atoms with Crippen LogP contribution in [0.15, 0.2) is 29.9 Å². The van der Waals surface area contributed by atoms with Gasteiger partial charge in [0.05, 0.1) is 6.61 Å². The maximum atomic E-state index is 13.0. The highest BCUT2D eigenvalue weighted by atomic mass is 32.1. The molecule has 8 heteroatoms. The summed E-state index contributed by atoms with van der Waals surface area (Å²) in [6.07, 6.45) is 4.33. The average Bonchev–Trinajstić information content (AvgIpc) is 3.40. The Morgan fingerprint density at radius 2 is 2.26 bits per heavy atom. The number of H-pyrrole nitrogens is 1. The Kier molecular flexibility index (Phi) is 4.65. The minimum absolute atomic E-state index is 0.0748. The molecule has 1 amide bonds. The topological polar surface area (TPSA) is 88.2 Å². The summed E-state index contributed by atoms with van der Waals surface area (Å²) in [5.74, 6) is -0.487. The van der Waals surface area contributed by atoms with E-state index >= 15 is 0 Å². The quantitative estimate of drug-likeness (QED) is 0.698. The zero-order chi connectivity index (χ0) is 19.0. The standard InChI is InChI=1S/C19H20N4O3S/c1-3-26-19(25)15-11(2)6-9-23(15)18(24)14-10-27-17(22-14)13-5-8-21-16-12(13)4-7-20-16/h4-5,7-8,10-11,15H,3,6,9H2,1-2H3,(H,20,21)/t11-,15+/m1/s1. The van der Waals surface area contributed by atoms with Gasteiger partial charge < -0.3 is 14.6 Å². The van der Waals surface area contributed by atoms with E-state index in [0.717, 1.165) is 28.0 Å². The van der Waals surface area contributed by atoms with Crippen LogP contribution in [0.25, 0.3) is 21.6 Å². The number of pyridine rings is 1. The number of likely N-dealkylation sites (tertiary alicyclic amines) is 1. The van der Waals surface area contributed by atoms with Gasteiger partial charge in [0.2, 0.25) is 0 Å². The third-order valence-electron chi connectivity index (χ3n) is 4.90. The monoisotopic (exact) mass is 384 g/mol. The van der Waals surface area contributed by atoms with E-state index in [2.05, 4.69) is 15.0 Å². The van der Waals surface area contributed by atoms with Crippen molar-refractivity contribution < 1.29 is 14.3 Å². The summed E-state index contributed by atoms with van der Waals surface area (Å²) in [5.41, 5.74) is 2.08. The van der Waals surface area contributed by atoms with Crippen molar-refractivity contribution in [1.29, 1.82) is 0 Å². The minimum atomic E-state index is -0.542. The Hall–Kier alpha value is -2.74. The predicted octanol–water partition coefficient (Wildman–Crippen LogP) is 3.10. The molecule has 0 radical (unpaired) electrons. The smallest absolute Gasteiger partial charge is 0.329 e. The van der Waals surface area contributed by atoms with Crippen molar-refractivity contribution in [2.75, 3.05) is 13.2 Å². The lowest BCUT2D eigenvalue weighted by molar-refractivity contribution is -0.148. The molecule has 4 rings (SSSR count). The first-order valence-corrected chi connectivity index (χ1v) is 9.83. The van der Waals surface area contributed by atoms with Gasteiger partial charge in [-0.2, -0.15) is 0 Å². The fourth-order valence-electron chi connectivity index (χ4n) is 3.55. The van der Waals surface area contributed by atoms with E-state index in [1.54, 1.807) is 23.4 Å². The fourth-order valence-corrected chi connectivity index (χ4v) is 4.38. The number of nitrogens with zero attached hydrogens (tertiary/aromatic N) is 3. The first kappa shape index (κ1) is 17.7. The number of hydrogen-bond acceptors (Lipinski definition) is 6. The molecule has 7 nitrogen and oxygen atoms in total. The maximum Gasteiger partial charge on any atom is 0.329 e. The Morgan fingerprint density at radius 3 is 3.07 bits per heavy atom. The summed E-state index contributed by atoms with van der Waals surface area (Å²) in [4.78, 5) is 38.8. The Balaban J connectivity index is 1.62. The molecule has 3 aromatic heterocycles. The van der Waals surface area contributed by atoms with Gasteiger partial charge in [0.1, 0.15) is 22.4 Å². The molecule has 0 unspecified atom stereocenters. The zero-order valence-corrected chi connectivity index (χ0v) is 16.0. The molecule has 0 bridgehead atoms. The highest BCUT2D eigenvalue weighted by Gasteiger charge is 2.41. The second-order valence-electron chi connectivity index (χ2n) is 6.60. The van der Waals surface area contributed by atoms with Crippen LogP contribution in [0.1, 0.15) is 30.8 Å². The van der Waals surface area contributed by atoms with Crippen LogP contribution < -0.4 is 0 Å². The molecule has 0 aliphatic carbocycles. The number of aromatic amines is 1. The Labute approximate surface area is 160 Å². The van der Waals surface area contributed by atoms with E-state index < -0.39 is 6.04 Å². The number of esters is 1. The lowest BCUT2D eigenvalue weighted by atomic mass is 10.0. The number of hydrogen-bond donors (Lipinski definition) is 1. The van der Waals surface area contributed by atoms with Gasteiger partial charge in [0, 0.05) is 35.3 Å². The van der Waals surface area contributed by atoms with Crippen LogP contribution in [-0.2, 0) is 9.53 Å². The van der Waals surface area contributed by atoms with Crippen LogP contribution in [0.3, 0.4) is 0 Å². The third kappa shape index (κ3) is 3.10. The summed E-state index contributed by atoms with van der Waals surface area (Å²) in [7, 11) is 0. The molecular formula is C19H20N4O3S. The molecule has 27 heavy (non-hydrogen) atoms. The number of amides is 1. The van der Waals surface area contributed by atoms with Crippen LogP contribution in [-0.4, -0.2) is 50.9 Å². The van der Waals surface area contributed by atoms with Gasteiger partial charge in [-0.3, -0.25) is 4.79 Å². The molecule has 0 saturated carbocycles. The summed E-state index contributed by atoms with van der Waals surface area (Å²) >= 11 is 1.41. The summed E-state index contributed by atoms with van der Waals surface area (Å²) in [6.45, 7) is 4.58. The summed E-state index contributed by atoms with van der Waals surface area (Å²) in [5, 5.41) is 3.47. The second kappa shape index (κ2) is 7.11. The molecule has 2 atom stereocenters. The Bertz CT molecular complexity index is 996. The molecule has 1 aliphatic heterocycles. The van der Waals surface area contributed by atoms with Crippen molar-refractivity contribution >= 4 is 34.2 Å². The average molecular weight is 384 g/mol. The van der Waals surface area contributed by atoms with Crippen LogP contribution in [0.4, 0.5) is 0 Å². The van der Waals surface area contributed by atoms with Gasteiger partial charge in [-0.25, -0.2) is 14.8 Å². The minimum Gasteiger partial charge on any atom is -0.464 e. The number of fused-ring (bicyclic) bond motifs is 1. The van der Waals surface area contributed by atoms with Crippen LogP contribution in [0.5, 0.6) is 0 Å². The molecule has 1 fully saturated rings. The van der Waals surface area contributed by atoms with Crippen molar-refractivity contribution in [1.82, 2.24) is 19.9 Å². The molecule has 1 aliphatic rings. The summed E-state index contributed by atoms with van der Waals surface area (Å²) in [6, 6.07) is 3.29. The van der Waals surface area contributed by atoms with Crippen molar-refractivity contribution in [2.45, 2.75) is 26.3 Å². The van der Waals surface area contributed by atoms with Crippen LogP contribution in [0.2, 0.25) is 0 Å². The second-order valence-corrected chi connectivity index (χ2v) is 7.46. The SMILES string of the molecule is CCOC(=O)[C@@H]1[C@H](C)CCN1C(=O)c1csc(-c2ccnc3[nH]ccc23)n1. The molecule has 1 saturated heterocycles. The van der Waals surface area contributed by atoms with E-state index in [9.17, 15) is 9.59 Å². The number of nitrogens with one attached hydrogen (secondary N) is 1. The van der Waals surface area contributed by atoms with Crippen molar-refractivity contribution in [3.63, 3.8) is 0 Å². The van der Waals surface area contributed by atoms with E-state index in [4.69, 9.17) is 4.74 Å². The highest BCUT2D eigenvalue weighted by Crippen LogP contribution is 2.31. The van der Waals surface area contributed by atoms with Gasteiger partial charge >= 0.3 is 5.97 Å². The Morgan fingerprint density at radius 1 is 1.41 bits per heavy atom. The summed E-state index contributed by atoms with van der Waals surface area (Å²) < 4.78 is 5.17. The molecular weight excluding hydrogens is 364 g/mol. The van der Waals surface area contributed by atoms with Gasteiger partial charge in [-0.05, 0) is 31.4 Å². The van der Waals surface area contributed by atoms with Gasteiger partial charge in [-0.15, -0.1) is 11.3 Å². The molecule has 0 aromatic carbocycles. The van der Waals surface area contributed by atoms with Crippen LogP contribution >= 0.6 is 11.3 Å². The first-order chi connectivity index (χ1) is 13.1. The van der Waals surface area contributed by atoms with Gasteiger partial charge in [0.25, 0.3) is 5.91 Å². The number of ether oxygens (including phenoxy) is 1. The van der Waals surface area contributed by atoms with Crippen molar-refractivity contribution in [2.24, 2.45) is 5.92 Å². The highest BCUT2D eigenvalue weighted by molar-refractivity contribution is 7.13. The number of aromatic nitrogens is 3. The van der Waals surface area contributed by atoms with E-state index in [-0.39, 0.29) is 17.8 Å². The normalized spacial score (nSPS) is 19.6. The van der Waals surface area contributed by atoms with E-state index in [1.807, 2.05) is 25.3 Å². The number of thiazole rings is 1. The largest absolute Gasteiger partial charge is 0.464 e. The number of carbonyl (C=O) groups is 2. The van der Waals surface area contributed by atoms with Crippen LogP contribution in [0, 0.1) is 5.92 Å². The van der Waals surface area contributed by atoms with Gasteiger partial charge in [0.15, 0.2) is 0 Å². The maximum absolute atomic E-state index is 13.0.